The minimum Gasteiger partial charge on any atom is -0.508 e. The van der Waals surface area contributed by atoms with Gasteiger partial charge in [-0.2, -0.15) is 0 Å². The largest absolute Gasteiger partial charge is 0.508 e. The molecule has 2 N–H and O–H groups in total. The average molecular weight is 246 g/mol. The summed E-state index contributed by atoms with van der Waals surface area (Å²) in [6.07, 6.45) is 7.17. The lowest BCUT2D eigenvalue weighted by molar-refractivity contribution is 0.447. The average Bonchev–Trinajstić information content (AvgIpc) is 2.27. The van der Waals surface area contributed by atoms with Crippen LogP contribution in [0.25, 0.3) is 0 Å². The van der Waals surface area contributed by atoms with Crippen molar-refractivity contribution in [2.75, 3.05) is 0 Å². The smallest absolute Gasteiger partial charge is 0.122 e. The molecule has 0 saturated carbocycles. The number of phenols is 2. The summed E-state index contributed by atoms with van der Waals surface area (Å²) in [5.41, 5.74) is 3.51. The maximum Gasteiger partial charge on any atom is 0.122 e. The Kier molecular flexibility index (Phi) is 5.50. The highest BCUT2D eigenvalue weighted by atomic mass is 16.3. The lowest BCUT2D eigenvalue weighted by Crippen LogP contribution is -1.85. The second kappa shape index (κ2) is 6.90. The van der Waals surface area contributed by atoms with Crippen molar-refractivity contribution >= 4 is 0 Å². The van der Waals surface area contributed by atoms with E-state index in [1.165, 1.54) is 17.2 Å². The summed E-state index contributed by atoms with van der Waals surface area (Å²) >= 11 is 0. The Labute approximate surface area is 109 Å². The summed E-state index contributed by atoms with van der Waals surface area (Å²) in [4.78, 5) is 0. The molecule has 0 aliphatic rings. The Morgan fingerprint density at radius 1 is 1.11 bits per heavy atom. The highest BCUT2D eigenvalue weighted by Crippen LogP contribution is 2.23. The van der Waals surface area contributed by atoms with Crippen molar-refractivity contribution in [3.63, 3.8) is 0 Å². The molecule has 0 aromatic heterocycles. The number of aromatic hydroxyl groups is 2. The van der Waals surface area contributed by atoms with Gasteiger partial charge in [0.2, 0.25) is 0 Å². The van der Waals surface area contributed by atoms with E-state index < -0.39 is 0 Å². The van der Waals surface area contributed by atoms with Gasteiger partial charge >= 0.3 is 0 Å². The van der Waals surface area contributed by atoms with E-state index in [-0.39, 0.29) is 11.5 Å². The molecule has 0 fully saturated rings. The van der Waals surface area contributed by atoms with E-state index in [9.17, 15) is 10.2 Å². The molecule has 1 rings (SSSR count). The molecule has 0 atom stereocenters. The van der Waals surface area contributed by atoms with Crippen molar-refractivity contribution in [1.29, 1.82) is 0 Å². The monoisotopic (exact) mass is 246 g/mol. The van der Waals surface area contributed by atoms with E-state index in [2.05, 4.69) is 32.9 Å². The normalized spacial score (nSPS) is 11.4. The molecule has 1 aromatic carbocycles. The second-order valence-corrected chi connectivity index (χ2v) is 4.89. The zero-order valence-corrected chi connectivity index (χ0v) is 11.4. The minimum atomic E-state index is 0.0977. The zero-order chi connectivity index (χ0) is 13.5. The summed E-state index contributed by atoms with van der Waals surface area (Å²) < 4.78 is 0. The summed E-state index contributed by atoms with van der Waals surface area (Å²) in [5.74, 6) is 0.254. The number of phenolic OH excluding ortho intramolecular Hbond substituents is 2. The molecule has 0 spiro atoms. The van der Waals surface area contributed by atoms with Crippen LogP contribution in [0.5, 0.6) is 11.5 Å². The van der Waals surface area contributed by atoms with Crippen LogP contribution in [0.2, 0.25) is 0 Å². The van der Waals surface area contributed by atoms with E-state index in [1.807, 2.05) is 0 Å². The lowest BCUT2D eigenvalue weighted by Gasteiger charge is -2.03. The standard InChI is InChI=1S/C16H22O2/c1-12(2)5-4-6-13(3)7-8-14-9-10-15(17)11-16(14)18/h5,7,9-11,17-18H,4,6,8H2,1-3H3/b13-7+. The quantitative estimate of drug-likeness (QED) is 0.759. The molecule has 0 unspecified atom stereocenters. The van der Waals surface area contributed by atoms with Crippen molar-refractivity contribution < 1.29 is 10.2 Å². The van der Waals surface area contributed by atoms with Gasteiger partial charge in [-0.15, -0.1) is 0 Å². The number of hydrogen-bond acceptors (Lipinski definition) is 2. The van der Waals surface area contributed by atoms with Gasteiger partial charge in [0.15, 0.2) is 0 Å². The molecular formula is C16H22O2. The number of hydrogen-bond donors (Lipinski definition) is 2. The van der Waals surface area contributed by atoms with Gasteiger partial charge in [-0.25, -0.2) is 0 Å². The van der Waals surface area contributed by atoms with E-state index in [4.69, 9.17) is 0 Å². The summed E-state index contributed by atoms with van der Waals surface area (Å²) in [7, 11) is 0. The van der Waals surface area contributed by atoms with E-state index in [1.54, 1.807) is 12.1 Å². The van der Waals surface area contributed by atoms with E-state index in [0.717, 1.165) is 18.4 Å². The molecule has 0 bridgehead atoms. The van der Waals surface area contributed by atoms with E-state index >= 15 is 0 Å². The topological polar surface area (TPSA) is 40.5 Å². The predicted molar refractivity (Wildman–Crippen MR) is 75.9 cm³/mol. The molecule has 0 heterocycles. The maximum absolute atomic E-state index is 9.65. The minimum absolute atomic E-state index is 0.0977. The first-order valence-corrected chi connectivity index (χ1v) is 6.29. The number of allylic oxidation sites excluding steroid dienone is 4. The second-order valence-electron chi connectivity index (χ2n) is 4.89. The van der Waals surface area contributed by atoms with Gasteiger partial charge < -0.3 is 10.2 Å². The van der Waals surface area contributed by atoms with Crippen LogP contribution >= 0.6 is 0 Å². The lowest BCUT2D eigenvalue weighted by atomic mass is 10.1. The van der Waals surface area contributed by atoms with Crippen LogP contribution in [-0.4, -0.2) is 10.2 Å². The molecule has 2 nitrogen and oxygen atoms in total. The van der Waals surface area contributed by atoms with Crippen molar-refractivity contribution in [3.05, 3.63) is 47.1 Å². The fraction of sp³-hybridized carbons (Fsp3) is 0.375. The fourth-order valence-electron chi connectivity index (χ4n) is 1.70. The van der Waals surface area contributed by atoms with Crippen LogP contribution in [0.4, 0.5) is 0 Å². The van der Waals surface area contributed by atoms with Crippen LogP contribution in [-0.2, 0) is 6.42 Å². The summed E-state index contributed by atoms with van der Waals surface area (Å²) in [6.45, 7) is 6.32. The first-order chi connectivity index (χ1) is 8.49. The Morgan fingerprint density at radius 2 is 1.83 bits per heavy atom. The van der Waals surface area contributed by atoms with Crippen LogP contribution in [0.3, 0.4) is 0 Å². The van der Waals surface area contributed by atoms with Crippen LogP contribution in [0, 0.1) is 0 Å². The molecule has 0 radical (unpaired) electrons. The van der Waals surface area contributed by atoms with Gasteiger partial charge in [0, 0.05) is 6.07 Å². The van der Waals surface area contributed by atoms with E-state index in [0.29, 0.717) is 6.42 Å². The van der Waals surface area contributed by atoms with Gasteiger partial charge in [-0.3, -0.25) is 0 Å². The summed E-state index contributed by atoms with van der Waals surface area (Å²) in [6, 6.07) is 4.73. The maximum atomic E-state index is 9.65. The Bertz CT molecular complexity index is 452. The molecule has 0 aliphatic carbocycles. The highest BCUT2D eigenvalue weighted by Gasteiger charge is 2.00. The van der Waals surface area contributed by atoms with Gasteiger partial charge in [-0.1, -0.05) is 29.4 Å². The van der Waals surface area contributed by atoms with Crippen molar-refractivity contribution in [2.24, 2.45) is 0 Å². The van der Waals surface area contributed by atoms with Crippen molar-refractivity contribution in [3.8, 4) is 11.5 Å². The van der Waals surface area contributed by atoms with Crippen LogP contribution in [0.15, 0.2) is 41.5 Å². The molecule has 98 valence electrons. The fourth-order valence-corrected chi connectivity index (χ4v) is 1.70. The van der Waals surface area contributed by atoms with Gasteiger partial charge in [-0.05, 0) is 51.7 Å². The van der Waals surface area contributed by atoms with Crippen LogP contribution in [0.1, 0.15) is 39.2 Å². The molecular weight excluding hydrogens is 224 g/mol. The molecule has 0 saturated heterocycles. The molecule has 2 heteroatoms. The first kappa shape index (κ1) is 14.4. The summed E-state index contributed by atoms with van der Waals surface area (Å²) in [5, 5.41) is 18.9. The number of benzene rings is 1. The number of rotatable bonds is 5. The Balaban J connectivity index is 2.54. The van der Waals surface area contributed by atoms with Gasteiger partial charge in [0.25, 0.3) is 0 Å². The highest BCUT2D eigenvalue weighted by molar-refractivity contribution is 5.40. The van der Waals surface area contributed by atoms with Gasteiger partial charge in [0.1, 0.15) is 11.5 Å². The molecule has 18 heavy (non-hydrogen) atoms. The zero-order valence-electron chi connectivity index (χ0n) is 11.4. The third-order valence-electron chi connectivity index (χ3n) is 2.83. The third-order valence-corrected chi connectivity index (χ3v) is 2.83. The Hall–Kier alpha value is -1.70. The molecule has 0 aliphatic heterocycles. The van der Waals surface area contributed by atoms with Crippen molar-refractivity contribution in [2.45, 2.75) is 40.0 Å². The Morgan fingerprint density at radius 3 is 2.44 bits per heavy atom. The van der Waals surface area contributed by atoms with Gasteiger partial charge in [0.05, 0.1) is 0 Å². The first-order valence-electron chi connectivity index (χ1n) is 6.29. The third kappa shape index (κ3) is 5.09. The van der Waals surface area contributed by atoms with Crippen LogP contribution < -0.4 is 0 Å². The molecule has 1 aromatic rings. The predicted octanol–water partition coefficient (Wildman–Crippen LogP) is 4.33. The molecule has 0 amide bonds. The SMILES string of the molecule is CC(C)=CCC/C(C)=C/Cc1ccc(O)cc1O. The van der Waals surface area contributed by atoms with Crippen molar-refractivity contribution in [1.82, 2.24) is 0 Å².